The maximum atomic E-state index is 12.4. The molecule has 0 saturated carbocycles. The van der Waals surface area contributed by atoms with Gasteiger partial charge in [0.2, 0.25) is 5.95 Å². The van der Waals surface area contributed by atoms with Gasteiger partial charge in [0.25, 0.3) is 0 Å². The first-order valence-electron chi connectivity index (χ1n) is 10.7. The van der Waals surface area contributed by atoms with Crippen LogP contribution in [-0.4, -0.2) is 76.7 Å². The zero-order chi connectivity index (χ0) is 20.9. The monoisotopic (exact) mass is 414 g/mol. The molecule has 30 heavy (non-hydrogen) atoms. The SMILES string of the molecule is COC(=O)N1CCCC(c2[nH]ncc2C)[C@@H]1COC1CCN(c2ncccn2)CC1. The number of carbonyl (C=O) groups is 1. The smallest absolute Gasteiger partial charge is 0.409 e. The van der Waals surface area contributed by atoms with Crippen molar-refractivity contribution in [3.63, 3.8) is 0 Å². The third-order valence-corrected chi connectivity index (χ3v) is 6.21. The number of nitrogens with one attached hydrogen (secondary N) is 1. The van der Waals surface area contributed by atoms with Gasteiger partial charge in [0.05, 0.1) is 32.1 Å². The Hall–Kier alpha value is -2.68. The van der Waals surface area contributed by atoms with Crippen LogP contribution in [0, 0.1) is 6.92 Å². The van der Waals surface area contributed by atoms with E-state index < -0.39 is 0 Å². The van der Waals surface area contributed by atoms with Crippen LogP contribution in [-0.2, 0) is 9.47 Å². The molecule has 0 spiro atoms. The van der Waals surface area contributed by atoms with Gasteiger partial charge in [-0.15, -0.1) is 0 Å². The first-order chi connectivity index (χ1) is 14.7. The summed E-state index contributed by atoms with van der Waals surface area (Å²) < 4.78 is 11.4. The van der Waals surface area contributed by atoms with E-state index in [1.54, 1.807) is 12.4 Å². The predicted molar refractivity (Wildman–Crippen MR) is 111 cm³/mol. The zero-order valence-electron chi connectivity index (χ0n) is 17.7. The highest BCUT2D eigenvalue weighted by Crippen LogP contribution is 2.34. The molecular formula is C21H30N6O3. The molecule has 1 N–H and O–H groups in total. The number of amides is 1. The molecule has 2 aliphatic rings. The molecule has 0 bridgehead atoms. The predicted octanol–water partition coefficient (Wildman–Crippen LogP) is 2.51. The molecule has 2 aromatic heterocycles. The summed E-state index contributed by atoms with van der Waals surface area (Å²) >= 11 is 0. The second kappa shape index (κ2) is 9.42. The van der Waals surface area contributed by atoms with Crippen LogP contribution < -0.4 is 4.90 Å². The highest BCUT2D eigenvalue weighted by molar-refractivity contribution is 5.68. The Bertz CT molecular complexity index is 821. The summed E-state index contributed by atoms with van der Waals surface area (Å²) in [5.41, 5.74) is 2.21. The Labute approximate surface area is 176 Å². The van der Waals surface area contributed by atoms with Gasteiger partial charge in [0.1, 0.15) is 0 Å². The summed E-state index contributed by atoms with van der Waals surface area (Å²) in [5, 5.41) is 7.33. The van der Waals surface area contributed by atoms with Crippen molar-refractivity contribution in [1.82, 2.24) is 25.1 Å². The lowest BCUT2D eigenvalue weighted by Gasteiger charge is -2.41. The number of nitrogens with zero attached hydrogens (tertiary/aromatic N) is 5. The fraction of sp³-hybridized carbons (Fsp3) is 0.619. The molecule has 9 heteroatoms. The number of piperidine rings is 2. The Balaban J connectivity index is 1.40. The van der Waals surface area contributed by atoms with Crippen molar-refractivity contribution in [2.24, 2.45) is 0 Å². The molecule has 0 aliphatic carbocycles. The van der Waals surface area contributed by atoms with Crippen molar-refractivity contribution in [3.8, 4) is 0 Å². The van der Waals surface area contributed by atoms with E-state index >= 15 is 0 Å². The van der Waals surface area contributed by atoms with E-state index in [1.807, 2.05) is 17.2 Å². The summed E-state index contributed by atoms with van der Waals surface area (Å²) in [6, 6.07) is 1.76. The number of hydrogen-bond acceptors (Lipinski definition) is 7. The van der Waals surface area contributed by atoms with Gasteiger partial charge < -0.3 is 19.3 Å². The topological polar surface area (TPSA) is 96.5 Å². The second-order valence-corrected chi connectivity index (χ2v) is 8.01. The van der Waals surface area contributed by atoms with Crippen LogP contribution in [0.1, 0.15) is 42.9 Å². The number of ether oxygens (including phenoxy) is 2. The molecule has 2 saturated heterocycles. The van der Waals surface area contributed by atoms with Crippen LogP contribution in [0.2, 0.25) is 0 Å². The van der Waals surface area contributed by atoms with Crippen molar-refractivity contribution in [2.45, 2.75) is 50.7 Å². The van der Waals surface area contributed by atoms with E-state index in [-0.39, 0.29) is 24.2 Å². The quantitative estimate of drug-likeness (QED) is 0.803. The van der Waals surface area contributed by atoms with Crippen LogP contribution in [0.25, 0.3) is 0 Å². The number of aromatic nitrogens is 4. The molecule has 2 aliphatic heterocycles. The number of aromatic amines is 1. The number of aryl methyl sites for hydroxylation is 1. The first-order valence-corrected chi connectivity index (χ1v) is 10.7. The first kappa shape index (κ1) is 20.6. The van der Waals surface area contributed by atoms with Crippen LogP contribution in [0.5, 0.6) is 0 Å². The fourth-order valence-corrected chi connectivity index (χ4v) is 4.59. The number of methoxy groups -OCH3 is 1. The average Bonchev–Trinajstić information content (AvgIpc) is 3.23. The number of carbonyl (C=O) groups excluding carboxylic acids is 1. The second-order valence-electron chi connectivity index (χ2n) is 8.01. The maximum Gasteiger partial charge on any atom is 0.409 e. The Kier molecular flexibility index (Phi) is 6.47. The molecule has 162 valence electrons. The maximum absolute atomic E-state index is 12.4. The minimum Gasteiger partial charge on any atom is -0.453 e. The standard InChI is InChI=1S/C21H30N6O3/c1-15-13-24-25-19(15)17-5-3-10-27(21(28)29-2)18(17)14-30-16-6-11-26(12-7-16)20-22-8-4-9-23-20/h4,8-9,13,16-18H,3,5-7,10-12,14H2,1-2H3,(H,24,25)/t17?,18-/m0/s1. The van der Waals surface area contributed by atoms with Crippen LogP contribution in [0.15, 0.2) is 24.7 Å². The van der Waals surface area contributed by atoms with Crippen molar-refractivity contribution in [3.05, 3.63) is 35.9 Å². The van der Waals surface area contributed by atoms with Crippen LogP contribution in [0.3, 0.4) is 0 Å². The van der Waals surface area contributed by atoms with Gasteiger partial charge in [-0.25, -0.2) is 14.8 Å². The van der Waals surface area contributed by atoms with Crippen LogP contribution in [0.4, 0.5) is 10.7 Å². The van der Waals surface area contributed by atoms with Gasteiger partial charge in [-0.2, -0.15) is 5.10 Å². The van der Waals surface area contributed by atoms with Crippen LogP contribution >= 0.6 is 0 Å². The van der Waals surface area contributed by atoms with Gasteiger partial charge in [-0.1, -0.05) is 0 Å². The van der Waals surface area contributed by atoms with Gasteiger partial charge in [0, 0.05) is 43.6 Å². The lowest BCUT2D eigenvalue weighted by atomic mass is 9.85. The number of H-pyrrole nitrogens is 1. The van der Waals surface area contributed by atoms with Crippen molar-refractivity contribution in [1.29, 1.82) is 0 Å². The summed E-state index contributed by atoms with van der Waals surface area (Å²) in [7, 11) is 1.44. The molecule has 2 aromatic rings. The zero-order valence-corrected chi connectivity index (χ0v) is 17.7. The summed E-state index contributed by atoms with van der Waals surface area (Å²) in [6.07, 6.45) is 9.01. The molecule has 0 radical (unpaired) electrons. The van der Waals surface area contributed by atoms with E-state index in [1.165, 1.54) is 7.11 Å². The number of likely N-dealkylation sites (tertiary alicyclic amines) is 1. The van der Waals surface area contributed by atoms with Crippen molar-refractivity contribution >= 4 is 12.0 Å². The minimum absolute atomic E-state index is 0.0687. The molecule has 1 unspecified atom stereocenters. The molecule has 4 rings (SSSR count). The van der Waals surface area contributed by atoms with Crippen molar-refractivity contribution < 1.29 is 14.3 Å². The molecule has 4 heterocycles. The highest BCUT2D eigenvalue weighted by atomic mass is 16.5. The number of rotatable bonds is 5. The molecule has 2 fully saturated rings. The number of hydrogen-bond donors (Lipinski definition) is 1. The lowest BCUT2D eigenvalue weighted by molar-refractivity contribution is -0.0178. The normalized spacial score (nSPS) is 22.9. The van der Waals surface area contributed by atoms with Gasteiger partial charge in [-0.05, 0) is 44.2 Å². The summed E-state index contributed by atoms with van der Waals surface area (Å²) in [6.45, 7) is 4.96. The molecule has 0 aromatic carbocycles. The molecule has 1 amide bonds. The highest BCUT2D eigenvalue weighted by Gasteiger charge is 2.38. The lowest BCUT2D eigenvalue weighted by Crippen LogP contribution is -2.51. The Morgan fingerprint density at radius 1 is 1.20 bits per heavy atom. The van der Waals surface area contributed by atoms with Gasteiger partial charge in [-0.3, -0.25) is 5.10 Å². The van der Waals surface area contributed by atoms with Gasteiger partial charge >= 0.3 is 6.09 Å². The minimum atomic E-state index is -0.290. The van der Waals surface area contributed by atoms with E-state index in [0.717, 1.165) is 56.0 Å². The van der Waals surface area contributed by atoms with E-state index in [0.29, 0.717) is 13.2 Å². The Morgan fingerprint density at radius 2 is 1.97 bits per heavy atom. The molecule has 9 nitrogen and oxygen atoms in total. The molecule has 2 atom stereocenters. The van der Waals surface area contributed by atoms with E-state index in [2.05, 4.69) is 32.0 Å². The fourth-order valence-electron chi connectivity index (χ4n) is 4.59. The van der Waals surface area contributed by atoms with E-state index in [4.69, 9.17) is 9.47 Å². The summed E-state index contributed by atoms with van der Waals surface area (Å²) in [5.74, 6) is 0.938. The van der Waals surface area contributed by atoms with E-state index in [9.17, 15) is 4.79 Å². The largest absolute Gasteiger partial charge is 0.453 e. The molecular weight excluding hydrogens is 384 g/mol. The Morgan fingerprint density at radius 3 is 2.63 bits per heavy atom. The average molecular weight is 415 g/mol. The summed E-state index contributed by atoms with van der Waals surface area (Å²) in [4.78, 5) is 25.1. The van der Waals surface area contributed by atoms with Gasteiger partial charge in [0.15, 0.2) is 0 Å². The third kappa shape index (κ3) is 4.40. The third-order valence-electron chi connectivity index (χ3n) is 6.21. The number of anilines is 1. The van der Waals surface area contributed by atoms with Crippen molar-refractivity contribution in [2.75, 3.05) is 38.3 Å².